The Balaban J connectivity index is 0.00000312. The Labute approximate surface area is 177 Å². The number of hydrogen-bond donors (Lipinski definition) is 2. The van der Waals surface area contributed by atoms with Crippen molar-refractivity contribution in [3.63, 3.8) is 0 Å². The maximum Gasteiger partial charge on any atom is 0.191 e. The lowest BCUT2D eigenvalue weighted by Gasteiger charge is -2.34. The molecule has 0 bridgehead atoms. The molecule has 1 fully saturated rings. The van der Waals surface area contributed by atoms with Crippen molar-refractivity contribution in [2.75, 3.05) is 52.2 Å². The Morgan fingerprint density at radius 3 is 2.76 bits per heavy atom. The van der Waals surface area contributed by atoms with E-state index in [4.69, 9.17) is 9.73 Å². The number of nitrogens with zero attached hydrogens (tertiary/aromatic N) is 2. The first-order chi connectivity index (χ1) is 11.7. The van der Waals surface area contributed by atoms with Crippen molar-refractivity contribution in [2.24, 2.45) is 4.99 Å². The molecule has 0 saturated carbocycles. The minimum Gasteiger partial charge on any atom is -0.379 e. The van der Waals surface area contributed by atoms with Crippen molar-refractivity contribution in [3.05, 3.63) is 22.4 Å². The lowest BCUT2D eigenvalue weighted by Crippen LogP contribution is -2.46. The molecule has 1 aliphatic heterocycles. The van der Waals surface area contributed by atoms with Gasteiger partial charge in [-0.25, -0.2) is 0 Å². The number of hydrogen-bond acceptors (Lipinski definition) is 5. The molecule has 0 aliphatic carbocycles. The predicted molar refractivity (Wildman–Crippen MR) is 122 cm³/mol. The number of guanidine groups is 1. The molecule has 2 N–H and O–H groups in total. The van der Waals surface area contributed by atoms with Gasteiger partial charge in [-0.1, -0.05) is 13.0 Å². The minimum atomic E-state index is 0. The van der Waals surface area contributed by atoms with E-state index in [1.165, 1.54) is 4.88 Å². The third kappa shape index (κ3) is 8.03. The van der Waals surface area contributed by atoms with Crippen LogP contribution >= 0.6 is 47.1 Å². The first kappa shape index (κ1) is 23.0. The van der Waals surface area contributed by atoms with Crippen LogP contribution in [0, 0.1) is 0 Å². The maximum atomic E-state index is 5.51. The number of morpholine rings is 1. The summed E-state index contributed by atoms with van der Waals surface area (Å²) in [7, 11) is 0. The van der Waals surface area contributed by atoms with Gasteiger partial charge in [-0.05, 0) is 24.6 Å². The second-order valence-electron chi connectivity index (χ2n) is 5.83. The van der Waals surface area contributed by atoms with Crippen LogP contribution in [0.25, 0.3) is 0 Å². The highest BCUT2D eigenvalue weighted by Gasteiger charge is 2.23. The van der Waals surface area contributed by atoms with Gasteiger partial charge in [0.25, 0.3) is 0 Å². The molecular weight excluding hydrogens is 467 g/mol. The van der Waals surface area contributed by atoms with Crippen LogP contribution in [0.15, 0.2) is 22.5 Å². The quantitative estimate of drug-likeness (QED) is 0.328. The van der Waals surface area contributed by atoms with Gasteiger partial charge in [-0.2, -0.15) is 11.8 Å². The minimum absolute atomic E-state index is 0. The van der Waals surface area contributed by atoms with Gasteiger partial charge in [0.2, 0.25) is 0 Å². The summed E-state index contributed by atoms with van der Waals surface area (Å²) >= 11 is 3.67. The first-order valence-corrected chi connectivity index (χ1v) is 10.8. The van der Waals surface area contributed by atoms with Crippen LogP contribution in [0.5, 0.6) is 0 Å². The molecule has 8 heteroatoms. The fraction of sp³-hybridized carbons (Fsp3) is 0.706. The summed E-state index contributed by atoms with van der Waals surface area (Å²) in [6.07, 6.45) is 2.13. The number of halogens is 1. The highest BCUT2D eigenvalue weighted by Crippen LogP contribution is 2.25. The van der Waals surface area contributed by atoms with Crippen LogP contribution in [-0.4, -0.2) is 68.3 Å². The van der Waals surface area contributed by atoms with E-state index in [1.54, 1.807) is 0 Å². The summed E-state index contributed by atoms with van der Waals surface area (Å²) in [5.41, 5.74) is 0. The van der Waals surface area contributed by atoms with Crippen molar-refractivity contribution in [1.29, 1.82) is 0 Å². The molecule has 144 valence electrons. The topological polar surface area (TPSA) is 48.9 Å². The summed E-state index contributed by atoms with van der Waals surface area (Å²) in [4.78, 5) is 8.63. The molecule has 2 heterocycles. The second-order valence-corrected chi connectivity index (χ2v) is 8.08. The highest BCUT2D eigenvalue weighted by atomic mass is 127. The van der Waals surface area contributed by atoms with E-state index in [1.807, 2.05) is 23.1 Å². The molecule has 2 unspecified atom stereocenters. The lowest BCUT2D eigenvalue weighted by atomic mass is 10.2. The molecule has 1 aliphatic rings. The van der Waals surface area contributed by atoms with Crippen LogP contribution in [0.4, 0.5) is 0 Å². The summed E-state index contributed by atoms with van der Waals surface area (Å²) < 4.78 is 5.51. The smallest absolute Gasteiger partial charge is 0.191 e. The van der Waals surface area contributed by atoms with Crippen molar-refractivity contribution in [3.8, 4) is 0 Å². The van der Waals surface area contributed by atoms with Gasteiger partial charge in [-0.15, -0.1) is 35.3 Å². The zero-order valence-corrected chi connectivity index (χ0v) is 19.3. The monoisotopic (exact) mass is 498 g/mol. The van der Waals surface area contributed by atoms with Crippen LogP contribution in [-0.2, 0) is 4.74 Å². The number of thioether (sulfide) groups is 1. The van der Waals surface area contributed by atoms with E-state index in [2.05, 4.69) is 53.1 Å². The average molecular weight is 499 g/mol. The summed E-state index contributed by atoms with van der Waals surface area (Å²) in [5, 5.41) is 9.59. The normalized spacial score (nSPS) is 18.3. The van der Waals surface area contributed by atoms with E-state index in [9.17, 15) is 0 Å². The Kier molecular flexibility index (Phi) is 12.1. The molecule has 2 atom stereocenters. The molecule has 25 heavy (non-hydrogen) atoms. The lowest BCUT2D eigenvalue weighted by molar-refractivity contribution is 0.0177. The molecule has 1 aromatic rings. The van der Waals surface area contributed by atoms with Crippen LogP contribution < -0.4 is 10.6 Å². The van der Waals surface area contributed by atoms with Crippen LogP contribution in [0.1, 0.15) is 24.8 Å². The first-order valence-electron chi connectivity index (χ1n) is 8.64. The number of ether oxygens (including phenoxy) is 1. The van der Waals surface area contributed by atoms with Gasteiger partial charge in [0.05, 0.1) is 25.8 Å². The number of aliphatic imine (C=N–C) groups is 1. The zero-order chi connectivity index (χ0) is 17.2. The Morgan fingerprint density at radius 2 is 2.16 bits per heavy atom. The molecule has 0 aromatic carbocycles. The van der Waals surface area contributed by atoms with E-state index >= 15 is 0 Å². The fourth-order valence-corrected chi connectivity index (χ4v) is 3.69. The van der Waals surface area contributed by atoms with Crippen LogP contribution in [0.2, 0.25) is 0 Å². The summed E-state index contributed by atoms with van der Waals surface area (Å²) in [6, 6.07) is 4.73. The van der Waals surface area contributed by atoms with Gasteiger partial charge in [-0.3, -0.25) is 9.89 Å². The molecule has 2 rings (SSSR count). The molecule has 0 spiro atoms. The number of nitrogens with one attached hydrogen (secondary N) is 2. The van der Waals surface area contributed by atoms with E-state index in [0.717, 1.165) is 51.9 Å². The molecule has 5 nitrogen and oxygen atoms in total. The third-order valence-electron chi connectivity index (χ3n) is 4.07. The molecular formula is C17H31IN4OS2. The standard InChI is InChI=1S/C17H30N4OS2.HI/c1-4-18-17(19-12-14(2)23-3)20-13-15(16-6-5-11-24-16)21-7-9-22-10-8-21;/h5-6,11,14-15H,4,7-10,12-13H2,1-3H3,(H2,18,19,20);1H. The van der Waals surface area contributed by atoms with Crippen LogP contribution in [0.3, 0.4) is 0 Å². The van der Waals surface area contributed by atoms with Crippen molar-refractivity contribution in [1.82, 2.24) is 15.5 Å². The van der Waals surface area contributed by atoms with Gasteiger partial charge >= 0.3 is 0 Å². The maximum absolute atomic E-state index is 5.51. The fourth-order valence-electron chi connectivity index (χ4n) is 2.61. The van der Waals surface area contributed by atoms with E-state index in [-0.39, 0.29) is 24.0 Å². The molecule has 1 aromatic heterocycles. The van der Waals surface area contributed by atoms with Gasteiger partial charge < -0.3 is 15.4 Å². The van der Waals surface area contributed by atoms with Gasteiger partial charge in [0.1, 0.15) is 0 Å². The third-order valence-corrected chi connectivity index (χ3v) is 6.00. The van der Waals surface area contributed by atoms with Gasteiger partial charge in [0.15, 0.2) is 5.96 Å². The Bertz CT molecular complexity index is 481. The Morgan fingerprint density at radius 1 is 1.40 bits per heavy atom. The molecule has 0 radical (unpaired) electrons. The van der Waals surface area contributed by atoms with Gasteiger partial charge in [0, 0.05) is 36.3 Å². The molecule has 1 saturated heterocycles. The largest absolute Gasteiger partial charge is 0.379 e. The zero-order valence-electron chi connectivity index (χ0n) is 15.4. The van der Waals surface area contributed by atoms with E-state index in [0.29, 0.717) is 11.3 Å². The van der Waals surface area contributed by atoms with Crippen molar-refractivity contribution >= 4 is 53.0 Å². The van der Waals surface area contributed by atoms with Crippen molar-refractivity contribution in [2.45, 2.75) is 25.1 Å². The number of thiophene rings is 1. The van der Waals surface area contributed by atoms with E-state index < -0.39 is 0 Å². The molecule has 0 amide bonds. The predicted octanol–water partition coefficient (Wildman–Crippen LogP) is 3.05. The number of rotatable bonds is 8. The summed E-state index contributed by atoms with van der Waals surface area (Å²) in [6.45, 7) is 10.5. The SMILES string of the molecule is CCNC(=NCC(C)SC)NCC(c1cccs1)N1CCOCC1.I. The average Bonchev–Trinajstić information content (AvgIpc) is 3.14. The summed E-state index contributed by atoms with van der Waals surface area (Å²) in [5.74, 6) is 0.910. The second kappa shape index (κ2) is 13.2. The van der Waals surface area contributed by atoms with Crippen molar-refractivity contribution < 1.29 is 4.74 Å². The highest BCUT2D eigenvalue weighted by molar-refractivity contribution is 14.0. The Hall–Kier alpha value is -0.0300.